The van der Waals surface area contributed by atoms with Crippen molar-refractivity contribution in [1.29, 1.82) is 0 Å². The second-order valence-electron chi connectivity index (χ2n) is 4.14. The maximum Gasteiger partial charge on any atom is 0.309 e. The number of benzene rings is 1. The fourth-order valence-electron chi connectivity index (χ4n) is 1.59. The van der Waals surface area contributed by atoms with Gasteiger partial charge in [0.05, 0.1) is 5.69 Å². The predicted molar refractivity (Wildman–Crippen MR) is 60.1 cm³/mol. The van der Waals surface area contributed by atoms with Crippen LogP contribution in [0.3, 0.4) is 0 Å². The highest BCUT2D eigenvalue weighted by Gasteiger charge is 2.49. The van der Waals surface area contributed by atoms with Crippen LogP contribution in [0.15, 0.2) is 30.3 Å². The van der Waals surface area contributed by atoms with Crippen LogP contribution in [0.1, 0.15) is 13.8 Å². The molecule has 0 radical (unpaired) electrons. The van der Waals surface area contributed by atoms with Crippen molar-refractivity contribution < 1.29 is 13.2 Å². The molecule has 1 fully saturated rings. The van der Waals surface area contributed by atoms with E-state index >= 15 is 0 Å². The van der Waals surface area contributed by atoms with E-state index in [1.165, 1.54) is 13.8 Å². The number of carbonyl (C=O) groups is 1. The highest BCUT2D eigenvalue weighted by Crippen LogP contribution is 2.27. The summed E-state index contributed by atoms with van der Waals surface area (Å²) in [6.07, 6.45) is 0. The number of rotatable bonds is 1. The van der Waals surface area contributed by atoms with E-state index in [4.69, 9.17) is 0 Å². The Morgan fingerprint density at radius 1 is 1.19 bits per heavy atom. The molecule has 0 saturated carbocycles. The van der Waals surface area contributed by atoms with Gasteiger partial charge in [-0.05, 0) is 26.0 Å². The van der Waals surface area contributed by atoms with E-state index in [0.717, 1.165) is 4.31 Å². The minimum atomic E-state index is -3.76. The predicted octanol–water partition coefficient (Wildman–Crippen LogP) is 0.646. The van der Waals surface area contributed by atoms with Crippen LogP contribution in [-0.4, -0.2) is 19.9 Å². The topological polar surface area (TPSA) is 66.5 Å². The molecule has 1 aliphatic heterocycles. The lowest BCUT2D eigenvalue weighted by molar-refractivity contribution is -0.120. The summed E-state index contributed by atoms with van der Waals surface area (Å²) in [4.78, 5) is 11.9. The van der Waals surface area contributed by atoms with Crippen LogP contribution in [0, 0.1) is 0 Å². The van der Waals surface area contributed by atoms with Crippen LogP contribution in [0.4, 0.5) is 5.69 Å². The van der Waals surface area contributed by atoms with E-state index in [0.29, 0.717) is 5.69 Å². The van der Waals surface area contributed by atoms with Gasteiger partial charge in [0.2, 0.25) is 0 Å². The average Bonchev–Trinajstić information content (AvgIpc) is 2.33. The first kappa shape index (κ1) is 11.1. The van der Waals surface area contributed by atoms with E-state index in [-0.39, 0.29) is 0 Å². The number of hydrogen-bond acceptors (Lipinski definition) is 3. The molecule has 2 rings (SSSR count). The number of nitrogens with zero attached hydrogens (tertiary/aromatic N) is 1. The lowest BCUT2D eigenvalue weighted by atomic mass is 10.1. The Balaban J connectivity index is 2.54. The first-order chi connectivity index (χ1) is 7.34. The van der Waals surface area contributed by atoms with Gasteiger partial charge in [0.15, 0.2) is 0 Å². The molecule has 6 heteroatoms. The van der Waals surface area contributed by atoms with Crippen molar-refractivity contribution in [2.45, 2.75) is 19.4 Å². The van der Waals surface area contributed by atoms with Gasteiger partial charge >= 0.3 is 10.2 Å². The normalized spacial score (nSPS) is 22.4. The highest BCUT2D eigenvalue weighted by atomic mass is 32.2. The van der Waals surface area contributed by atoms with Crippen LogP contribution in [0.5, 0.6) is 0 Å². The Kier molecular flexibility index (Phi) is 2.28. The van der Waals surface area contributed by atoms with Crippen molar-refractivity contribution in [2.24, 2.45) is 0 Å². The molecule has 1 saturated heterocycles. The fraction of sp³-hybridized carbons (Fsp3) is 0.300. The minimum absolute atomic E-state index is 0.352. The second-order valence-corrected chi connectivity index (χ2v) is 5.66. The lowest BCUT2D eigenvalue weighted by Gasteiger charge is -2.15. The summed E-state index contributed by atoms with van der Waals surface area (Å²) in [5.41, 5.74) is -0.736. The molecule has 0 atom stereocenters. The van der Waals surface area contributed by atoms with Gasteiger partial charge < -0.3 is 0 Å². The van der Waals surface area contributed by atoms with Gasteiger partial charge in [0.1, 0.15) is 5.54 Å². The number of carbonyl (C=O) groups excluding carboxylic acids is 1. The standard InChI is InChI=1S/C10H12N2O3S/c1-10(2)9(13)12(16(14,15)11-10)8-6-4-3-5-7-8/h3-7,11H,1-2H3. The molecule has 0 bridgehead atoms. The summed E-state index contributed by atoms with van der Waals surface area (Å²) in [6.45, 7) is 3.08. The lowest BCUT2D eigenvalue weighted by Crippen LogP contribution is -2.40. The van der Waals surface area contributed by atoms with Crippen LogP contribution < -0.4 is 9.03 Å². The highest BCUT2D eigenvalue weighted by molar-refractivity contribution is 7.92. The molecule has 1 N–H and O–H groups in total. The summed E-state index contributed by atoms with van der Waals surface area (Å²) in [5.74, 6) is -0.473. The summed E-state index contributed by atoms with van der Waals surface area (Å²) in [7, 11) is -3.76. The molecule has 0 aromatic heterocycles. The fourth-order valence-corrected chi connectivity index (χ4v) is 3.26. The first-order valence-corrected chi connectivity index (χ1v) is 6.22. The number of nitrogens with one attached hydrogen (secondary N) is 1. The zero-order chi connectivity index (χ0) is 12.0. The van der Waals surface area contributed by atoms with Crippen LogP contribution in [0.2, 0.25) is 0 Å². The molecule has 0 spiro atoms. The maximum absolute atomic E-state index is 11.9. The molecule has 0 aliphatic carbocycles. The van der Waals surface area contributed by atoms with E-state index in [1.54, 1.807) is 30.3 Å². The molecular formula is C10H12N2O3S. The SMILES string of the molecule is CC1(C)NS(=O)(=O)N(c2ccccc2)C1=O. The Hall–Kier alpha value is -1.40. The van der Waals surface area contributed by atoms with Crippen molar-refractivity contribution in [3.63, 3.8) is 0 Å². The molecule has 1 amide bonds. The zero-order valence-corrected chi connectivity index (χ0v) is 9.78. The monoisotopic (exact) mass is 240 g/mol. The third-order valence-electron chi connectivity index (χ3n) is 2.33. The van der Waals surface area contributed by atoms with Gasteiger partial charge in [-0.1, -0.05) is 18.2 Å². The first-order valence-electron chi connectivity index (χ1n) is 4.78. The molecule has 0 unspecified atom stereocenters. The molecule has 86 valence electrons. The van der Waals surface area contributed by atoms with Crippen LogP contribution in [0.25, 0.3) is 0 Å². The van der Waals surface area contributed by atoms with Crippen molar-refractivity contribution in [3.05, 3.63) is 30.3 Å². The number of amides is 1. The summed E-state index contributed by atoms with van der Waals surface area (Å²) < 4.78 is 26.7. The Morgan fingerprint density at radius 3 is 2.19 bits per heavy atom. The summed E-state index contributed by atoms with van der Waals surface area (Å²) in [5, 5.41) is 0. The molecule has 5 nitrogen and oxygen atoms in total. The van der Waals surface area contributed by atoms with Crippen molar-refractivity contribution >= 4 is 21.8 Å². The molecule has 16 heavy (non-hydrogen) atoms. The smallest absolute Gasteiger partial charge is 0.271 e. The van der Waals surface area contributed by atoms with Gasteiger partial charge in [-0.15, -0.1) is 0 Å². The largest absolute Gasteiger partial charge is 0.309 e. The van der Waals surface area contributed by atoms with E-state index in [2.05, 4.69) is 4.72 Å². The number of anilines is 1. The molecule has 1 aliphatic rings. The van der Waals surface area contributed by atoms with Gasteiger partial charge in [0, 0.05) is 0 Å². The zero-order valence-electron chi connectivity index (χ0n) is 8.97. The molecule has 1 heterocycles. The number of para-hydroxylation sites is 1. The van der Waals surface area contributed by atoms with E-state index in [1.807, 2.05) is 0 Å². The van der Waals surface area contributed by atoms with E-state index in [9.17, 15) is 13.2 Å². The Bertz CT molecular complexity index is 522. The van der Waals surface area contributed by atoms with Gasteiger partial charge in [-0.2, -0.15) is 17.4 Å². The third-order valence-corrected chi connectivity index (χ3v) is 3.96. The number of hydrogen-bond donors (Lipinski definition) is 1. The third kappa shape index (κ3) is 1.60. The molecular weight excluding hydrogens is 228 g/mol. The van der Waals surface area contributed by atoms with Gasteiger partial charge in [-0.3, -0.25) is 4.79 Å². The minimum Gasteiger partial charge on any atom is -0.271 e. The maximum atomic E-state index is 11.9. The second kappa shape index (κ2) is 3.29. The molecule has 1 aromatic rings. The quantitative estimate of drug-likeness (QED) is 0.783. The Morgan fingerprint density at radius 2 is 1.75 bits per heavy atom. The van der Waals surface area contributed by atoms with Crippen molar-refractivity contribution in [3.8, 4) is 0 Å². The van der Waals surface area contributed by atoms with Gasteiger partial charge in [0.25, 0.3) is 5.91 Å². The van der Waals surface area contributed by atoms with Gasteiger partial charge in [-0.25, -0.2) is 0 Å². The summed E-state index contributed by atoms with van der Waals surface area (Å²) >= 11 is 0. The van der Waals surface area contributed by atoms with Crippen LogP contribution in [-0.2, 0) is 15.0 Å². The van der Waals surface area contributed by atoms with Crippen molar-refractivity contribution in [2.75, 3.05) is 4.31 Å². The summed E-state index contributed by atoms with van der Waals surface area (Å²) in [6, 6.07) is 8.29. The molecule has 1 aromatic carbocycles. The Labute approximate surface area is 94.3 Å². The average molecular weight is 240 g/mol. The van der Waals surface area contributed by atoms with Crippen molar-refractivity contribution in [1.82, 2.24) is 4.72 Å². The van der Waals surface area contributed by atoms with E-state index < -0.39 is 21.7 Å². The van der Waals surface area contributed by atoms with Crippen LogP contribution >= 0.6 is 0 Å².